The van der Waals surface area contributed by atoms with Gasteiger partial charge in [0.1, 0.15) is 0 Å². The first kappa shape index (κ1) is 7.49. The van der Waals surface area contributed by atoms with E-state index in [0.717, 1.165) is 11.3 Å². The monoisotopic (exact) mass is 179 g/mol. The van der Waals surface area contributed by atoms with E-state index in [-0.39, 0.29) is 0 Å². The van der Waals surface area contributed by atoms with E-state index in [1.807, 2.05) is 29.5 Å². The molecule has 0 aliphatic heterocycles. The maximum Gasteiger partial charge on any atom is 0.0976 e. The van der Waals surface area contributed by atoms with Gasteiger partial charge in [0.25, 0.3) is 0 Å². The van der Waals surface area contributed by atoms with Crippen molar-refractivity contribution < 1.29 is 0 Å². The van der Waals surface area contributed by atoms with Crippen molar-refractivity contribution in [1.29, 1.82) is 0 Å². The molecule has 2 aromatic rings. The van der Waals surface area contributed by atoms with Crippen LogP contribution in [0.2, 0.25) is 0 Å². The zero-order chi connectivity index (χ0) is 8.55. The molecule has 12 heavy (non-hydrogen) atoms. The summed E-state index contributed by atoms with van der Waals surface area (Å²) in [5, 5.41) is 6.35. The standard InChI is InChI=1S/C8H9N3S/c1-6-4-11(2)10-8(6)7-3-9-12-5-7/h3-5H,1-2H3. The lowest BCUT2D eigenvalue weighted by molar-refractivity contribution is 0.770. The SMILES string of the molecule is Cc1cn(C)nc1-c1cnsc1. The van der Waals surface area contributed by atoms with Gasteiger partial charge in [-0.25, -0.2) is 4.37 Å². The highest BCUT2D eigenvalue weighted by atomic mass is 32.1. The predicted octanol–water partition coefficient (Wildman–Crippen LogP) is 1.85. The zero-order valence-electron chi connectivity index (χ0n) is 6.98. The summed E-state index contributed by atoms with van der Waals surface area (Å²) >= 11 is 1.45. The second-order valence-electron chi connectivity index (χ2n) is 2.75. The number of rotatable bonds is 1. The number of hydrogen-bond acceptors (Lipinski definition) is 3. The predicted molar refractivity (Wildman–Crippen MR) is 49.1 cm³/mol. The molecule has 0 N–H and O–H groups in total. The van der Waals surface area contributed by atoms with Gasteiger partial charge in [0.05, 0.1) is 11.9 Å². The summed E-state index contributed by atoms with van der Waals surface area (Å²) in [6, 6.07) is 0. The van der Waals surface area contributed by atoms with Gasteiger partial charge in [-0.1, -0.05) is 0 Å². The van der Waals surface area contributed by atoms with Gasteiger partial charge in [0.2, 0.25) is 0 Å². The molecule has 0 spiro atoms. The van der Waals surface area contributed by atoms with E-state index >= 15 is 0 Å². The van der Waals surface area contributed by atoms with Crippen LogP contribution < -0.4 is 0 Å². The molecule has 0 atom stereocenters. The van der Waals surface area contributed by atoms with Crippen LogP contribution in [0.15, 0.2) is 17.8 Å². The Morgan fingerprint density at radius 2 is 2.33 bits per heavy atom. The van der Waals surface area contributed by atoms with Crippen molar-refractivity contribution in [3.63, 3.8) is 0 Å². The van der Waals surface area contributed by atoms with Gasteiger partial charge in [-0.3, -0.25) is 4.68 Å². The lowest BCUT2D eigenvalue weighted by atomic mass is 10.2. The van der Waals surface area contributed by atoms with Crippen LogP contribution in [0.3, 0.4) is 0 Å². The van der Waals surface area contributed by atoms with Crippen LogP contribution >= 0.6 is 11.5 Å². The molecule has 0 saturated carbocycles. The Balaban J connectivity index is 2.54. The molecule has 0 bridgehead atoms. The molecular formula is C8H9N3S. The van der Waals surface area contributed by atoms with E-state index in [1.165, 1.54) is 17.1 Å². The number of aryl methyl sites for hydroxylation is 2. The van der Waals surface area contributed by atoms with Crippen LogP contribution in [-0.4, -0.2) is 14.2 Å². The number of aromatic nitrogens is 3. The minimum absolute atomic E-state index is 1.03. The first-order valence-corrected chi connectivity index (χ1v) is 4.51. The number of nitrogens with zero attached hydrogens (tertiary/aromatic N) is 3. The Kier molecular flexibility index (Phi) is 1.69. The Labute approximate surface area is 74.8 Å². The normalized spacial score (nSPS) is 10.5. The summed E-state index contributed by atoms with van der Waals surface area (Å²) in [6.45, 7) is 2.06. The second kappa shape index (κ2) is 2.71. The highest BCUT2D eigenvalue weighted by Crippen LogP contribution is 2.21. The van der Waals surface area contributed by atoms with E-state index in [9.17, 15) is 0 Å². The summed E-state index contributed by atoms with van der Waals surface area (Å²) in [4.78, 5) is 0. The first-order chi connectivity index (χ1) is 5.77. The quantitative estimate of drug-likeness (QED) is 0.669. The molecule has 0 amide bonds. The molecule has 2 rings (SSSR count). The average molecular weight is 179 g/mol. The number of hydrogen-bond donors (Lipinski definition) is 0. The van der Waals surface area contributed by atoms with Gasteiger partial charge in [-0.05, 0) is 24.0 Å². The van der Waals surface area contributed by atoms with E-state index < -0.39 is 0 Å². The zero-order valence-corrected chi connectivity index (χ0v) is 7.80. The maximum absolute atomic E-state index is 4.34. The fourth-order valence-electron chi connectivity index (χ4n) is 1.21. The van der Waals surface area contributed by atoms with Gasteiger partial charge < -0.3 is 0 Å². The fourth-order valence-corrected chi connectivity index (χ4v) is 1.74. The molecule has 0 aromatic carbocycles. The van der Waals surface area contributed by atoms with Crippen LogP contribution in [0.1, 0.15) is 5.56 Å². The molecule has 0 aliphatic rings. The van der Waals surface area contributed by atoms with Gasteiger partial charge in [0, 0.05) is 24.2 Å². The van der Waals surface area contributed by atoms with Gasteiger partial charge in [-0.15, -0.1) is 0 Å². The van der Waals surface area contributed by atoms with Gasteiger partial charge in [0.15, 0.2) is 0 Å². The molecule has 0 saturated heterocycles. The molecule has 3 nitrogen and oxygen atoms in total. The summed E-state index contributed by atoms with van der Waals surface area (Å²) in [6.07, 6.45) is 3.85. The van der Waals surface area contributed by atoms with Crippen LogP contribution in [0.5, 0.6) is 0 Å². The Morgan fingerprint density at radius 1 is 1.50 bits per heavy atom. The van der Waals surface area contributed by atoms with E-state index in [4.69, 9.17) is 0 Å². The molecule has 62 valence electrons. The largest absolute Gasteiger partial charge is 0.275 e. The second-order valence-corrected chi connectivity index (χ2v) is 3.40. The molecular weight excluding hydrogens is 170 g/mol. The van der Waals surface area contributed by atoms with Crippen LogP contribution in [0.25, 0.3) is 11.3 Å². The Bertz CT molecular complexity index is 375. The van der Waals surface area contributed by atoms with E-state index in [0.29, 0.717) is 0 Å². The molecule has 0 radical (unpaired) electrons. The average Bonchev–Trinajstić information content (AvgIpc) is 2.58. The van der Waals surface area contributed by atoms with Crippen molar-refractivity contribution in [3.05, 3.63) is 23.3 Å². The molecule has 0 aliphatic carbocycles. The lowest BCUT2D eigenvalue weighted by Gasteiger charge is -1.89. The third-order valence-corrected chi connectivity index (χ3v) is 2.30. The minimum Gasteiger partial charge on any atom is -0.275 e. The van der Waals surface area contributed by atoms with Gasteiger partial charge >= 0.3 is 0 Å². The summed E-state index contributed by atoms with van der Waals surface area (Å²) in [5.41, 5.74) is 3.34. The van der Waals surface area contributed by atoms with Crippen molar-refractivity contribution in [3.8, 4) is 11.3 Å². The molecule has 2 aromatic heterocycles. The molecule has 4 heteroatoms. The smallest absolute Gasteiger partial charge is 0.0976 e. The minimum atomic E-state index is 1.03. The van der Waals surface area contributed by atoms with Crippen molar-refractivity contribution in [2.45, 2.75) is 6.92 Å². The van der Waals surface area contributed by atoms with E-state index in [2.05, 4.69) is 16.4 Å². The fraction of sp³-hybridized carbons (Fsp3) is 0.250. The maximum atomic E-state index is 4.34. The van der Waals surface area contributed by atoms with Crippen LogP contribution in [0.4, 0.5) is 0 Å². The highest BCUT2D eigenvalue weighted by Gasteiger charge is 2.06. The first-order valence-electron chi connectivity index (χ1n) is 3.67. The third kappa shape index (κ3) is 1.14. The Hall–Kier alpha value is -1.16. The van der Waals surface area contributed by atoms with Crippen molar-refractivity contribution in [1.82, 2.24) is 14.2 Å². The van der Waals surface area contributed by atoms with Crippen molar-refractivity contribution in [2.24, 2.45) is 7.05 Å². The van der Waals surface area contributed by atoms with Crippen LogP contribution in [0, 0.1) is 6.92 Å². The van der Waals surface area contributed by atoms with Crippen molar-refractivity contribution >= 4 is 11.5 Å². The highest BCUT2D eigenvalue weighted by molar-refractivity contribution is 7.03. The molecule has 2 heterocycles. The molecule has 0 fully saturated rings. The van der Waals surface area contributed by atoms with Gasteiger partial charge in [-0.2, -0.15) is 5.10 Å². The van der Waals surface area contributed by atoms with Crippen molar-refractivity contribution in [2.75, 3.05) is 0 Å². The summed E-state index contributed by atoms with van der Waals surface area (Å²) in [7, 11) is 1.93. The van der Waals surface area contributed by atoms with E-state index in [1.54, 1.807) is 0 Å². The summed E-state index contributed by atoms with van der Waals surface area (Å²) in [5.74, 6) is 0. The third-order valence-electron chi connectivity index (χ3n) is 1.72. The lowest BCUT2D eigenvalue weighted by Crippen LogP contribution is -1.86. The Morgan fingerprint density at radius 3 is 2.83 bits per heavy atom. The molecule has 0 unspecified atom stereocenters. The summed E-state index contributed by atoms with van der Waals surface area (Å²) < 4.78 is 5.86. The topological polar surface area (TPSA) is 30.7 Å². The van der Waals surface area contributed by atoms with Crippen LogP contribution in [-0.2, 0) is 7.05 Å².